The van der Waals surface area contributed by atoms with E-state index in [0.717, 1.165) is 16.8 Å². The van der Waals surface area contributed by atoms with Crippen LogP contribution in [0.5, 0.6) is 17.2 Å². The van der Waals surface area contributed by atoms with Gasteiger partial charge in [-0.15, -0.1) is 0 Å². The molecule has 4 aromatic rings. The van der Waals surface area contributed by atoms with E-state index in [4.69, 9.17) is 4.74 Å². The zero-order valence-electron chi connectivity index (χ0n) is 20.6. The van der Waals surface area contributed by atoms with Gasteiger partial charge in [0.05, 0.1) is 24.2 Å². The summed E-state index contributed by atoms with van der Waals surface area (Å²) in [5, 5.41) is 31.5. The summed E-state index contributed by atoms with van der Waals surface area (Å²) in [4.78, 5) is 8.98. The highest BCUT2D eigenvalue weighted by molar-refractivity contribution is 6.00. The number of hydrazone groups is 2. The van der Waals surface area contributed by atoms with Crippen LogP contribution in [0.25, 0.3) is 0 Å². The third-order valence-electron chi connectivity index (χ3n) is 5.29. The van der Waals surface area contributed by atoms with Gasteiger partial charge in [0, 0.05) is 17.2 Å². The Bertz CT molecular complexity index is 1370. The fraction of sp³-hybridized carbons (Fsp3) is 0.111. The molecule has 0 aliphatic rings. The Hall–Kier alpha value is -5.12. The summed E-state index contributed by atoms with van der Waals surface area (Å²) in [7, 11) is 1.60. The first-order chi connectivity index (χ1) is 17.9. The molecular formula is C27H27N7O3. The summed E-state index contributed by atoms with van der Waals surface area (Å²) in [6.45, 7) is 3.62. The molecule has 37 heavy (non-hydrogen) atoms. The topological polar surface area (TPSA) is 136 Å². The van der Waals surface area contributed by atoms with Gasteiger partial charge in [-0.2, -0.15) is 20.2 Å². The highest BCUT2D eigenvalue weighted by Gasteiger charge is 2.09. The number of benzene rings is 3. The minimum Gasteiger partial charge on any atom is -0.508 e. The molecule has 1 aromatic heterocycles. The number of hydrogen-bond acceptors (Lipinski definition) is 10. The van der Waals surface area contributed by atoms with Crippen LogP contribution in [0, 0.1) is 0 Å². The van der Waals surface area contributed by atoms with Gasteiger partial charge in [0.25, 0.3) is 0 Å². The highest BCUT2D eigenvalue weighted by Crippen LogP contribution is 2.27. The molecule has 10 heteroatoms. The lowest BCUT2D eigenvalue weighted by molar-refractivity contribution is 0.417. The zero-order valence-corrected chi connectivity index (χ0v) is 20.6. The molecule has 188 valence electrons. The van der Waals surface area contributed by atoms with Gasteiger partial charge in [0.1, 0.15) is 23.1 Å². The number of phenolic OH excluding ortho intramolecular Hbond substituents is 2. The van der Waals surface area contributed by atoms with Crippen LogP contribution in [0.4, 0.5) is 23.3 Å². The first kappa shape index (κ1) is 25.0. The Morgan fingerprint density at radius 1 is 0.730 bits per heavy atom. The van der Waals surface area contributed by atoms with Gasteiger partial charge in [0.2, 0.25) is 5.95 Å². The van der Waals surface area contributed by atoms with Crippen LogP contribution in [-0.2, 0) is 0 Å². The molecule has 0 saturated heterocycles. The van der Waals surface area contributed by atoms with Crippen molar-refractivity contribution in [2.45, 2.75) is 13.8 Å². The molecule has 1 heterocycles. The van der Waals surface area contributed by atoms with Crippen LogP contribution < -0.4 is 20.9 Å². The Morgan fingerprint density at radius 3 is 1.95 bits per heavy atom. The molecule has 0 saturated carbocycles. The zero-order chi connectivity index (χ0) is 26.2. The third kappa shape index (κ3) is 6.73. The molecule has 0 radical (unpaired) electrons. The van der Waals surface area contributed by atoms with Crippen molar-refractivity contribution in [2.75, 3.05) is 23.3 Å². The summed E-state index contributed by atoms with van der Waals surface area (Å²) in [5.41, 5.74) is 9.35. The van der Waals surface area contributed by atoms with Gasteiger partial charge in [-0.05, 0) is 50.2 Å². The number of ether oxygens (including phenoxy) is 1. The fourth-order valence-electron chi connectivity index (χ4n) is 3.37. The maximum atomic E-state index is 9.76. The van der Waals surface area contributed by atoms with Crippen LogP contribution in [-0.4, -0.2) is 38.7 Å². The first-order valence-electron chi connectivity index (χ1n) is 11.4. The van der Waals surface area contributed by atoms with Gasteiger partial charge >= 0.3 is 0 Å². The summed E-state index contributed by atoms with van der Waals surface area (Å²) in [6.07, 6.45) is 0. The minimum atomic E-state index is 0.151. The lowest BCUT2D eigenvalue weighted by Crippen LogP contribution is -2.07. The molecule has 0 bridgehead atoms. The average molecular weight is 498 g/mol. The van der Waals surface area contributed by atoms with Gasteiger partial charge < -0.3 is 20.3 Å². The molecule has 0 atom stereocenters. The monoisotopic (exact) mass is 497 g/mol. The summed E-state index contributed by atoms with van der Waals surface area (Å²) >= 11 is 0. The van der Waals surface area contributed by atoms with Crippen molar-refractivity contribution in [3.05, 3.63) is 90.0 Å². The molecule has 4 rings (SSSR count). The minimum absolute atomic E-state index is 0.151. The van der Waals surface area contributed by atoms with Crippen LogP contribution >= 0.6 is 0 Å². The number of rotatable bonds is 9. The van der Waals surface area contributed by atoms with E-state index in [0.29, 0.717) is 28.8 Å². The molecular weight excluding hydrogens is 470 g/mol. The van der Waals surface area contributed by atoms with Crippen molar-refractivity contribution in [1.29, 1.82) is 0 Å². The average Bonchev–Trinajstić information content (AvgIpc) is 2.90. The van der Waals surface area contributed by atoms with Crippen LogP contribution in [0.15, 0.2) is 89.1 Å². The van der Waals surface area contributed by atoms with Crippen LogP contribution in [0.3, 0.4) is 0 Å². The van der Waals surface area contributed by atoms with E-state index in [1.807, 2.05) is 43.3 Å². The number of para-hydroxylation sites is 2. The van der Waals surface area contributed by atoms with Gasteiger partial charge in [-0.25, -0.2) is 5.43 Å². The number of aromatic nitrogens is 2. The quantitative estimate of drug-likeness (QED) is 0.155. The first-order valence-corrected chi connectivity index (χ1v) is 11.4. The van der Waals surface area contributed by atoms with Gasteiger partial charge in [-0.1, -0.05) is 36.4 Å². The molecule has 0 unspecified atom stereocenters. The predicted octanol–water partition coefficient (Wildman–Crippen LogP) is 5.31. The summed E-state index contributed by atoms with van der Waals surface area (Å²) in [6, 6.07) is 22.8. The number of phenols is 2. The molecule has 0 amide bonds. The van der Waals surface area contributed by atoms with E-state index in [1.165, 1.54) is 0 Å². The van der Waals surface area contributed by atoms with E-state index >= 15 is 0 Å². The van der Waals surface area contributed by atoms with Crippen molar-refractivity contribution in [2.24, 2.45) is 10.2 Å². The molecule has 0 spiro atoms. The summed E-state index contributed by atoms with van der Waals surface area (Å²) in [5.74, 6) is 2.05. The maximum Gasteiger partial charge on any atom is 0.247 e. The standard InChI is InChI=1S/C27H27N7O3/c1-17(19-8-6-10-21(35)14-19)31-33-26-16-25(28-23-12-4-5-13-24(23)37-3)29-27(30-26)34-32-18(2)20-9-7-11-22(36)15-20/h4-16,35-36H,1-3H3,(H3,28,29,30,33,34). The Morgan fingerprint density at radius 2 is 1.32 bits per heavy atom. The number of aromatic hydroxyl groups is 2. The van der Waals surface area contributed by atoms with E-state index in [1.54, 1.807) is 56.5 Å². The van der Waals surface area contributed by atoms with E-state index < -0.39 is 0 Å². The third-order valence-corrected chi connectivity index (χ3v) is 5.29. The van der Waals surface area contributed by atoms with Gasteiger partial charge in [-0.3, -0.25) is 5.43 Å². The van der Waals surface area contributed by atoms with E-state index in [2.05, 4.69) is 36.3 Å². The van der Waals surface area contributed by atoms with Crippen molar-refractivity contribution in [3.8, 4) is 17.2 Å². The van der Waals surface area contributed by atoms with Crippen molar-refractivity contribution < 1.29 is 14.9 Å². The Balaban J connectivity index is 1.63. The molecule has 10 nitrogen and oxygen atoms in total. The number of hydrogen-bond donors (Lipinski definition) is 5. The fourth-order valence-corrected chi connectivity index (χ4v) is 3.37. The van der Waals surface area contributed by atoms with E-state index in [-0.39, 0.29) is 17.4 Å². The number of methoxy groups -OCH3 is 1. The normalized spacial score (nSPS) is 11.6. The smallest absolute Gasteiger partial charge is 0.247 e. The predicted molar refractivity (Wildman–Crippen MR) is 146 cm³/mol. The second-order valence-corrected chi connectivity index (χ2v) is 8.01. The molecule has 0 aliphatic heterocycles. The molecule has 3 aromatic carbocycles. The lowest BCUT2D eigenvalue weighted by atomic mass is 10.1. The number of nitrogens with one attached hydrogen (secondary N) is 3. The molecule has 0 fully saturated rings. The van der Waals surface area contributed by atoms with Gasteiger partial charge in [0.15, 0.2) is 5.82 Å². The molecule has 0 aliphatic carbocycles. The lowest BCUT2D eigenvalue weighted by Gasteiger charge is -2.12. The van der Waals surface area contributed by atoms with Crippen molar-refractivity contribution in [1.82, 2.24) is 9.97 Å². The van der Waals surface area contributed by atoms with Crippen molar-refractivity contribution >= 4 is 34.7 Å². The van der Waals surface area contributed by atoms with Crippen LogP contribution in [0.2, 0.25) is 0 Å². The largest absolute Gasteiger partial charge is 0.508 e. The SMILES string of the molecule is COc1ccccc1Nc1cc(NN=C(C)c2cccc(O)c2)nc(NN=C(C)c2cccc(O)c2)n1. The Kier molecular flexibility index (Phi) is 7.79. The van der Waals surface area contributed by atoms with Crippen LogP contribution in [0.1, 0.15) is 25.0 Å². The highest BCUT2D eigenvalue weighted by atomic mass is 16.5. The molecule has 5 N–H and O–H groups in total. The number of anilines is 4. The van der Waals surface area contributed by atoms with Crippen molar-refractivity contribution in [3.63, 3.8) is 0 Å². The van der Waals surface area contributed by atoms with E-state index in [9.17, 15) is 10.2 Å². The second kappa shape index (κ2) is 11.5. The Labute approximate surface area is 214 Å². The second-order valence-electron chi connectivity index (χ2n) is 8.01. The summed E-state index contributed by atoms with van der Waals surface area (Å²) < 4.78 is 5.43. The number of nitrogens with zero attached hydrogens (tertiary/aromatic N) is 4. The maximum absolute atomic E-state index is 9.76.